The molecule has 0 radical (unpaired) electrons. The van der Waals surface area contributed by atoms with E-state index in [2.05, 4.69) is 11.4 Å². The zero-order valence-electron chi connectivity index (χ0n) is 9.92. The second kappa shape index (κ2) is 4.41. The summed E-state index contributed by atoms with van der Waals surface area (Å²) in [5.41, 5.74) is 1.20. The van der Waals surface area contributed by atoms with Crippen molar-refractivity contribution >= 4 is 29.0 Å². The molecule has 0 fully saturated rings. The lowest BCUT2D eigenvalue weighted by Gasteiger charge is -2.19. The minimum Gasteiger partial charge on any atom is -0.347 e. The predicted molar refractivity (Wildman–Crippen MR) is 71.4 cm³/mol. The third-order valence-electron chi connectivity index (χ3n) is 2.34. The Hall–Kier alpha value is -0.480. The SMILES string of the molecule is CC(C)(C)NC(=O)c1cc2c(s1)CCSC2. The van der Waals surface area contributed by atoms with E-state index in [0.29, 0.717) is 0 Å². The Bertz CT molecular complexity index is 380. The van der Waals surface area contributed by atoms with Crippen molar-refractivity contribution in [3.63, 3.8) is 0 Å². The topological polar surface area (TPSA) is 29.1 Å². The van der Waals surface area contributed by atoms with E-state index in [1.165, 1.54) is 16.2 Å². The molecule has 1 aromatic rings. The van der Waals surface area contributed by atoms with Gasteiger partial charge in [0.25, 0.3) is 5.91 Å². The fraction of sp³-hybridized carbons (Fsp3) is 0.583. The molecule has 1 aliphatic heterocycles. The van der Waals surface area contributed by atoms with Gasteiger partial charge < -0.3 is 5.32 Å². The molecule has 1 amide bonds. The van der Waals surface area contributed by atoms with Gasteiger partial charge in [0, 0.05) is 16.2 Å². The molecule has 2 heterocycles. The number of aryl methyl sites for hydroxylation is 1. The number of thiophene rings is 1. The van der Waals surface area contributed by atoms with Gasteiger partial charge in [-0.1, -0.05) is 0 Å². The number of nitrogens with one attached hydrogen (secondary N) is 1. The van der Waals surface area contributed by atoms with E-state index in [1.54, 1.807) is 11.3 Å². The quantitative estimate of drug-likeness (QED) is 0.835. The molecule has 0 aliphatic carbocycles. The number of fused-ring (bicyclic) bond motifs is 1. The predicted octanol–water partition coefficient (Wildman–Crippen LogP) is 3.07. The summed E-state index contributed by atoms with van der Waals surface area (Å²) >= 11 is 3.61. The van der Waals surface area contributed by atoms with Crippen LogP contribution < -0.4 is 5.32 Å². The minimum atomic E-state index is -0.156. The smallest absolute Gasteiger partial charge is 0.261 e. The summed E-state index contributed by atoms with van der Waals surface area (Å²) in [6.45, 7) is 6.02. The lowest BCUT2D eigenvalue weighted by Crippen LogP contribution is -2.40. The molecule has 0 spiro atoms. The largest absolute Gasteiger partial charge is 0.347 e. The Balaban J connectivity index is 2.15. The molecular weight excluding hydrogens is 238 g/mol. The van der Waals surface area contributed by atoms with Gasteiger partial charge in [0.05, 0.1) is 4.88 Å². The van der Waals surface area contributed by atoms with E-state index < -0.39 is 0 Å². The van der Waals surface area contributed by atoms with Gasteiger partial charge >= 0.3 is 0 Å². The van der Waals surface area contributed by atoms with Crippen LogP contribution in [0.25, 0.3) is 0 Å². The van der Waals surface area contributed by atoms with Gasteiger partial charge in [-0.25, -0.2) is 0 Å². The normalized spacial score (nSPS) is 15.7. The highest BCUT2D eigenvalue weighted by Crippen LogP contribution is 2.31. The highest BCUT2D eigenvalue weighted by Gasteiger charge is 2.20. The van der Waals surface area contributed by atoms with Crippen LogP contribution in [-0.2, 0) is 12.2 Å². The van der Waals surface area contributed by atoms with Gasteiger partial charge in [-0.05, 0) is 44.6 Å². The lowest BCUT2D eigenvalue weighted by molar-refractivity contribution is 0.0923. The number of hydrogen-bond acceptors (Lipinski definition) is 3. The lowest BCUT2D eigenvalue weighted by atomic mass is 10.1. The maximum atomic E-state index is 12.0. The van der Waals surface area contributed by atoms with Gasteiger partial charge in [-0.2, -0.15) is 11.8 Å². The van der Waals surface area contributed by atoms with Crippen molar-refractivity contribution in [3.05, 3.63) is 21.4 Å². The van der Waals surface area contributed by atoms with Crippen LogP contribution in [0.4, 0.5) is 0 Å². The highest BCUT2D eigenvalue weighted by atomic mass is 32.2. The Morgan fingerprint density at radius 2 is 2.19 bits per heavy atom. The molecule has 88 valence electrons. The first-order valence-electron chi connectivity index (χ1n) is 5.47. The Morgan fingerprint density at radius 3 is 2.81 bits per heavy atom. The molecule has 0 saturated carbocycles. The molecule has 1 aliphatic rings. The van der Waals surface area contributed by atoms with E-state index in [9.17, 15) is 4.79 Å². The first-order valence-corrected chi connectivity index (χ1v) is 7.45. The van der Waals surface area contributed by atoms with E-state index >= 15 is 0 Å². The van der Waals surface area contributed by atoms with Crippen LogP contribution in [-0.4, -0.2) is 17.2 Å². The molecular formula is C12H17NOS2. The molecule has 2 rings (SSSR count). The van der Waals surface area contributed by atoms with Crippen LogP contribution in [0.1, 0.15) is 40.9 Å². The Kier molecular flexibility index (Phi) is 3.31. The first-order chi connectivity index (χ1) is 7.46. The van der Waals surface area contributed by atoms with Crippen LogP contribution >= 0.6 is 23.1 Å². The van der Waals surface area contributed by atoms with Crippen LogP contribution in [0.15, 0.2) is 6.07 Å². The maximum absolute atomic E-state index is 12.0. The summed E-state index contributed by atoms with van der Waals surface area (Å²) in [4.78, 5) is 14.2. The average Bonchev–Trinajstić information content (AvgIpc) is 2.58. The molecule has 0 saturated heterocycles. The zero-order chi connectivity index (χ0) is 11.8. The summed E-state index contributed by atoms with van der Waals surface area (Å²) in [6, 6.07) is 2.06. The number of amides is 1. The van der Waals surface area contributed by atoms with Crippen LogP contribution in [0.5, 0.6) is 0 Å². The molecule has 16 heavy (non-hydrogen) atoms. The molecule has 1 N–H and O–H groups in total. The maximum Gasteiger partial charge on any atom is 0.261 e. The second-order valence-corrected chi connectivity index (χ2v) is 7.31. The summed E-state index contributed by atoms with van der Waals surface area (Å²) < 4.78 is 0. The molecule has 1 aromatic heterocycles. The minimum absolute atomic E-state index is 0.0666. The van der Waals surface area contributed by atoms with Crippen molar-refractivity contribution in [1.29, 1.82) is 0 Å². The van der Waals surface area contributed by atoms with Crippen molar-refractivity contribution in [2.24, 2.45) is 0 Å². The highest BCUT2D eigenvalue weighted by molar-refractivity contribution is 7.98. The van der Waals surface area contributed by atoms with Gasteiger partial charge in [0.2, 0.25) is 0 Å². The Labute approximate surface area is 105 Å². The average molecular weight is 255 g/mol. The van der Waals surface area contributed by atoms with Gasteiger partial charge in [-0.3, -0.25) is 4.79 Å². The third-order valence-corrected chi connectivity index (χ3v) is 4.58. The van der Waals surface area contributed by atoms with Gasteiger partial charge in [0.1, 0.15) is 0 Å². The van der Waals surface area contributed by atoms with E-state index in [1.807, 2.05) is 32.5 Å². The Morgan fingerprint density at radius 1 is 1.44 bits per heavy atom. The molecule has 2 nitrogen and oxygen atoms in total. The van der Waals surface area contributed by atoms with Gasteiger partial charge in [0.15, 0.2) is 0 Å². The van der Waals surface area contributed by atoms with Crippen LogP contribution in [0.3, 0.4) is 0 Å². The van der Waals surface area contributed by atoms with E-state index in [-0.39, 0.29) is 11.4 Å². The van der Waals surface area contributed by atoms with Crippen molar-refractivity contribution < 1.29 is 4.79 Å². The fourth-order valence-corrected chi connectivity index (χ4v) is 3.93. The molecule has 4 heteroatoms. The zero-order valence-corrected chi connectivity index (χ0v) is 11.6. The fourth-order valence-electron chi connectivity index (χ4n) is 1.66. The van der Waals surface area contributed by atoms with Crippen molar-refractivity contribution in [1.82, 2.24) is 5.32 Å². The van der Waals surface area contributed by atoms with Crippen LogP contribution in [0, 0.1) is 0 Å². The summed E-state index contributed by atoms with van der Waals surface area (Å²) in [6.07, 6.45) is 1.12. The van der Waals surface area contributed by atoms with Crippen molar-refractivity contribution in [3.8, 4) is 0 Å². The number of thioether (sulfide) groups is 1. The second-order valence-electron chi connectivity index (χ2n) is 5.07. The number of hydrogen-bond donors (Lipinski definition) is 1. The molecule has 0 aromatic carbocycles. The standard InChI is InChI=1S/C12H17NOS2/c1-12(2,3)13-11(14)10-6-8-7-15-5-4-9(8)16-10/h6H,4-5,7H2,1-3H3,(H,13,14). The third kappa shape index (κ3) is 2.80. The summed E-state index contributed by atoms with van der Waals surface area (Å²) in [7, 11) is 0. The number of rotatable bonds is 1. The monoisotopic (exact) mass is 255 g/mol. The van der Waals surface area contributed by atoms with Crippen LogP contribution in [0.2, 0.25) is 0 Å². The molecule has 0 unspecified atom stereocenters. The number of carbonyl (C=O) groups excluding carboxylic acids is 1. The summed E-state index contributed by atoms with van der Waals surface area (Å²) in [5, 5.41) is 3.01. The summed E-state index contributed by atoms with van der Waals surface area (Å²) in [5.74, 6) is 2.32. The van der Waals surface area contributed by atoms with Crippen molar-refractivity contribution in [2.75, 3.05) is 5.75 Å². The number of carbonyl (C=O) groups is 1. The van der Waals surface area contributed by atoms with E-state index in [0.717, 1.165) is 17.1 Å². The van der Waals surface area contributed by atoms with E-state index in [4.69, 9.17) is 0 Å². The van der Waals surface area contributed by atoms with Gasteiger partial charge in [-0.15, -0.1) is 11.3 Å². The van der Waals surface area contributed by atoms with Crippen molar-refractivity contribution in [2.45, 2.75) is 38.5 Å². The molecule has 0 atom stereocenters. The molecule has 0 bridgehead atoms. The first kappa shape index (κ1) is 12.0.